The molecule has 0 saturated carbocycles. The first-order chi connectivity index (χ1) is 5.65. The first kappa shape index (κ1) is 8.76. The lowest BCUT2D eigenvalue weighted by molar-refractivity contribution is -0.385. The molecule has 1 rings (SSSR count). The molecule has 0 unspecified atom stereocenters. The fourth-order valence-electron chi connectivity index (χ4n) is 0.733. The van der Waals surface area contributed by atoms with E-state index < -0.39 is 4.92 Å². The number of rotatable bonds is 2. The SMILES string of the molecule is NOc1ccc(Cl)cc1[N+](=O)[O-]. The van der Waals surface area contributed by atoms with Gasteiger partial charge in [0.15, 0.2) is 0 Å². The second-order valence-electron chi connectivity index (χ2n) is 1.99. The van der Waals surface area contributed by atoms with Crippen molar-refractivity contribution < 1.29 is 9.76 Å². The number of halogens is 1. The highest BCUT2D eigenvalue weighted by molar-refractivity contribution is 6.30. The van der Waals surface area contributed by atoms with E-state index in [1.165, 1.54) is 18.2 Å². The van der Waals surface area contributed by atoms with Crippen LogP contribution < -0.4 is 10.7 Å². The number of nitro groups is 1. The summed E-state index contributed by atoms with van der Waals surface area (Å²) in [4.78, 5) is 14.0. The van der Waals surface area contributed by atoms with Crippen molar-refractivity contribution in [2.75, 3.05) is 0 Å². The van der Waals surface area contributed by atoms with Crippen LogP contribution in [0.1, 0.15) is 0 Å². The molecule has 0 atom stereocenters. The minimum Gasteiger partial charge on any atom is -0.404 e. The van der Waals surface area contributed by atoms with Crippen molar-refractivity contribution in [3.8, 4) is 5.75 Å². The Kier molecular flexibility index (Phi) is 2.47. The molecule has 12 heavy (non-hydrogen) atoms. The molecule has 1 aromatic carbocycles. The van der Waals surface area contributed by atoms with Gasteiger partial charge in [0.25, 0.3) is 0 Å². The number of benzene rings is 1. The molecule has 0 radical (unpaired) electrons. The van der Waals surface area contributed by atoms with E-state index in [0.717, 1.165) is 0 Å². The van der Waals surface area contributed by atoms with Gasteiger partial charge in [-0.3, -0.25) is 10.1 Å². The van der Waals surface area contributed by atoms with Crippen LogP contribution in [0.15, 0.2) is 18.2 Å². The molecular formula is C6H5ClN2O3. The summed E-state index contributed by atoms with van der Waals surface area (Å²) in [5, 5.41) is 10.6. The predicted octanol–water partition coefficient (Wildman–Crippen LogP) is 1.50. The zero-order chi connectivity index (χ0) is 9.14. The van der Waals surface area contributed by atoms with Crippen molar-refractivity contribution in [3.05, 3.63) is 33.3 Å². The third-order valence-corrected chi connectivity index (χ3v) is 1.48. The van der Waals surface area contributed by atoms with Gasteiger partial charge in [0.1, 0.15) is 0 Å². The monoisotopic (exact) mass is 188 g/mol. The van der Waals surface area contributed by atoms with Gasteiger partial charge in [-0.2, -0.15) is 5.90 Å². The number of nitrogens with two attached hydrogens (primary N) is 1. The molecule has 2 N–H and O–H groups in total. The molecule has 64 valence electrons. The van der Waals surface area contributed by atoms with Gasteiger partial charge in [0.2, 0.25) is 5.75 Å². The summed E-state index contributed by atoms with van der Waals surface area (Å²) in [5.41, 5.74) is -0.245. The van der Waals surface area contributed by atoms with Gasteiger partial charge in [-0.1, -0.05) is 11.6 Å². The molecule has 0 amide bonds. The molecular weight excluding hydrogens is 184 g/mol. The van der Waals surface area contributed by atoms with Gasteiger partial charge in [0, 0.05) is 11.1 Å². The van der Waals surface area contributed by atoms with E-state index in [4.69, 9.17) is 17.5 Å². The Morgan fingerprint density at radius 3 is 2.75 bits per heavy atom. The minimum absolute atomic E-state index is 0.00981. The summed E-state index contributed by atoms with van der Waals surface area (Å²) in [7, 11) is 0. The molecule has 0 fully saturated rings. The molecule has 1 aromatic rings. The summed E-state index contributed by atoms with van der Waals surface area (Å²) in [6.07, 6.45) is 0. The number of hydrogen-bond acceptors (Lipinski definition) is 4. The van der Waals surface area contributed by atoms with Gasteiger partial charge >= 0.3 is 5.69 Å². The molecule has 5 nitrogen and oxygen atoms in total. The molecule has 0 spiro atoms. The molecule has 0 aliphatic heterocycles. The Bertz CT molecular complexity index is 316. The smallest absolute Gasteiger partial charge is 0.315 e. The van der Waals surface area contributed by atoms with E-state index in [0.29, 0.717) is 0 Å². The van der Waals surface area contributed by atoms with Crippen LogP contribution in [0.5, 0.6) is 5.75 Å². The molecule has 0 aliphatic carbocycles. The lowest BCUT2D eigenvalue weighted by Gasteiger charge is -1.99. The van der Waals surface area contributed by atoms with Crippen molar-refractivity contribution in [3.63, 3.8) is 0 Å². The maximum atomic E-state index is 10.3. The fraction of sp³-hybridized carbons (Fsp3) is 0. The molecule has 0 aromatic heterocycles. The van der Waals surface area contributed by atoms with Crippen LogP contribution in [-0.4, -0.2) is 4.92 Å². The van der Waals surface area contributed by atoms with Gasteiger partial charge < -0.3 is 4.84 Å². The second kappa shape index (κ2) is 3.38. The van der Waals surface area contributed by atoms with Crippen LogP contribution in [0.25, 0.3) is 0 Å². The predicted molar refractivity (Wildman–Crippen MR) is 42.9 cm³/mol. The average Bonchev–Trinajstić information content (AvgIpc) is 2.04. The highest BCUT2D eigenvalue weighted by Crippen LogP contribution is 2.28. The Morgan fingerprint density at radius 2 is 2.25 bits per heavy atom. The van der Waals surface area contributed by atoms with Crippen LogP contribution in [0.2, 0.25) is 5.02 Å². The quantitative estimate of drug-likeness (QED) is 0.564. The molecule has 0 aliphatic rings. The first-order valence-electron chi connectivity index (χ1n) is 2.96. The van der Waals surface area contributed by atoms with E-state index in [1.807, 2.05) is 0 Å². The van der Waals surface area contributed by atoms with Gasteiger partial charge in [0.05, 0.1) is 4.92 Å². The van der Waals surface area contributed by atoms with Crippen molar-refractivity contribution >= 4 is 17.3 Å². The maximum Gasteiger partial charge on any atom is 0.315 e. The third kappa shape index (κ3) is 1.63. The third-order valence-electron chi connectivity index (χ3n) is 1.24. The largest absolute Gasteiger partial charge is 0.404 e. The van der Waals surface area contributed by atoms with Gasteiger partial charge in [-0.15, -0.1) is 0 Å². The molecule has 6 heteroatoms. The zero-order valence-electron chi connectivity index (χ0n) is 5.86. The van der Waals surface area contributed by atoms with Crippen molar-refractivity contribution in [1.29, 1.82) is 0 Å². The summed E-state index contributed by atoms with van der Waals surface area (Å²) < 4.78 is 0. The molecule has 0 saturated heterocycles. The Hall–Kier alpha value is -1.33. The van der Waals surface area contributed by atoms with Crippen LogP contribution in [0, 0.1) is 10.1 Å². The Balaban J connectivity index is 3.21. The average molecular weight is 189 g/mol. The lowest BCUT2D eigenvalue weighted by atomic mass is 10.3. The van der Waals surface area contributed by atoms with Crippen LogP contribution in [0.4, 0.5) is 5.69 Å². The highest BCUT2D eigenvalue weighted by atomic mass is 35.5. The summed E-state index contributed by atoms with van der Waals surface area (Å²) >= 11 is 5.52. The lowest BCUT2D eigenvalue weighted by Crippen LogP contribution is -2.04. The topological polar surface area (TPSA) is 78.4 Å². The minimum atomic E-state index is -0.617. The first-order valence-corrected chi connectivity index (χ1v) is 3.33. The van der Waals surface area contributed by atoms with E-state index in [9.17, 15) is 10.1 Å². The highest BCUT2D eigenvalue weighted by Gasteiger charge is 2.14. The molecule has 0 heterocycles. The normalized spacial score (nSPS) is 9.50. The Morgan fingerprint density at radius 1 is 1.58 bits per heavy atom. The van der Waals surface area contributed by atoms with E-state index in [-0.39, 0.29) is 16.5 Å². The number of nitrogens with zero attached hydrogens (tertiary/aromatic N) is 1. The Labute approximate surface area is 72.8 Å². The summed E-state index contributed by atoms with van der Waals surface area (Å²) in [5.74, 6) is 4.78. The van der Waals surface area contributed by atoms with Crippen molar-refractivity contribution in [2.45, 2.75) is 0 Å². The number of nitro benzene ring substituents is 1. The van der Waals surface area contributed by atoms with Crippen LogP contribution in [0.3, 0.4) is 0 Å². The zero-order valence-corrected chi connectivity index (χ0v) is 6.62. The summed E-state index contributed by atoms with van der Waals surface area (Å²) in [6.45, 7) is 0. The van der Waals surface area contributed by atoms with E-state index in [1.54, 1.807) is 0 Å². The van der Waals surface area contributed by atoms with Crippen LogP contribution in [-0.2, 0) is 0 Å². The van der Waals surface area contributed by atoms with Crippen molar-refractivity contribution in [1.82, 2.24) is 0 Å². The van der Waals surface area contributed by atoms with Crippen LogP contribution >= 0.6 is 11.6 Å². The summed E-state index contributed by atoms with van der Waals surface area (Å²) in [6, 6.07) is 3.96. The molecule has 0 bridgehead atoms. The van der Waals surface area contributed by atoms with Gasteiger partial charge in [-0.25, -0.2) is 0 Å². The standard InChI is InChI=1S/C6H5ClN2O3/c7-4-1-2-6(12-8)5(3-4)9(10)11/h1-3H,8H2. The van der Waals surface area contributed by atoms with E-state index >= 15 is 0 Å². The second-order valence-corrected chi connectivity index (χ2v) is 2.42. The maximum absolute atomic E-state index is 10.3. The van der Waals surface area contributed by atoms with E-state index in [2.05, 4.69) is 4.84 Å². The number of hydrogen-bond donors (Lipinski definition) is 1. The van der Waals surface area contributed by atoms with Crippen molar-refractivity contribution in [2.24, 2.45) is 5.90 Å². The fourth-order valence-corrected chi connectivity index (χ4v) is 0.899. The van der Waals surface area contributed by atoms with Gasteiger partial charge in [-0.05, 0) is 12.1 Å².